The van der Waals surface area contributed by atoms with Gasteiger partial charge in [0.25, 0.3) is 0 Å². The Morgan fingerprint density at radius 1 is 1.26 bits per heavy atom. The van der Waals surface area contributed by atoms with Crippen molar-refractivity contribution in [3.63, 3.8) is 0 Å². The lowest BCUT2D eigenvalue weighted by atomic mass is 9.86. The third-order valence-corrected chi connectivity index (χ3v) is 6.90. The molecule has 1 unspecified atom stereocenters. The SMILES string of the molecule is CN[C@H](C(=O)N1CC(C)C[C@H]1C(=O)NCc1ccc(-c2scnc2C)cc1)C(C)(C)C. The first-order chi connectivity index (χ1) is 14.6. The number of rotatable bonds is 6. The van der Waals surface area contributed by atoms with Crippen LogP contribution in [0, 0.1) is 18.3 Å². The predicted octanol–water partition coefficient (Wildman–Crippen LogP) is 3.61. The van der Waals surface area contributed by atoms with Crippen molar-refractivity contribution in [1.29, 1.82) is 0 Å². The Bertz CT molecular complexity index is 916. The maximum absolute atomic E-state index is 13.2. The molecule has 1 saturated heterocycles. The van der Waals surface area contributed by atoms with Crippen LogP contribution in [-0.2, 0) is 16.1 Å². The highest BCUT2D eigenvalue weighted by Gasteiger charge is 2.42. The highest BCUT2D eigenvalue weighted by Crippen LogP contribution is 2.29. The highest BCUT2D eigenvalue weighted by molar-refractivity contribution is 7.13. The van der Waals surface area contributed by atoms with Crippen molar-refractivity contribution in [2.24, 2.45) is 11.3 Å². The zero-order chi connectivity index (χ0) is 22.8. The minimum Gasteiger partial charge on any atom is -0.350 e. The summed E-state index contributed by atoms with van der Waals surface area (Å²) in [6, 6.07) is 7.46. The van der Waals surface area contributed by atoms with Gasteiger partial charge in [-0.25, -0.2) is 4.98 Å². The number of benzene rings is 1. The van der Waals surface area contributed by atoms with E-state index in [9.17, 15) is 9.59 Å². The number of thiazole rings is 1. The molecule has 168 valence electrons. The van der Waals surface area contributed by atoms with Gasteiger partial charge in [-0.3, -0.25) is 9.59 Å². The number of carbonyl (C=O) groups is 2. The normalized spacial score (nSPS) is 20.0. The Kier molecular flexibility index (Phi) is 7.17. The van der Waals surface area contributed by atoms with Crippen LogP contribution >= 0.6 is 11.3 Å². The van der Waals surface area contributed by atoms with Crippen LogP contribution in [0.1, 0.15) is 45.4 Å². The average molecular weight is 443 g/mol. The van der Waals surface area contributed by atoms with Crippen molar-refractivity contribution >= 4 is 23.2 Å². The predicted molar refractivity (Wildman–Crippen MR) is 126 cm³/mol. The molecular formula is C24H34N4O2S. The number of nitrogens with zero attached hydrogens (tertiary/aromatic N) is 2. The third-order valence-electron chi connectivity index (χ3n) is 5.93. The van der Waals surface area contributed by atoms with Gasteiger partial charge in [0.1, 0.15) is 6.04 Å². The van der Waals surface area contributed by atoms with E-state index in [1.54, 1.807) is 23.3 Å². The largest absolute Gasteiger partial charge is 0.350 e. The molecule has 1 aliphatic heterocycles. The Balaban J connectivity index is 1.65. The molecule has 0 bridgehead atoms. The molecule has 1 fully saturated rings. The Morgan fingerprint density at radius 3 is 2.48 bits per heavy atom. The van der Waals surface area contributed by atoms with Crippen molar-refractivity contribution in [3.8, 4) is 10.4 Å². The van der Waals surface area contributed by atoms with Crippen LogP contribution in [0.4, 0.5) is 0 Å². The van der Waals surface area contributed by atoms with Gasteiger partial charge in [-0.2, -0.15) is 0 Å². The molecule has 1 aromatic heterocycles. The molecule has 6 nitrogen and oxygen atoms in total. The summed E-state index contributed by atoms with van der Waals surface area (Å²) < 4.78 is 0. The smallest absolute Gasteiger partial charge is 0.243 e. The van der Waals surface area contributed by atoms with Gasteiger partial charge in [0.2, 0.25) is 11.8 Å². The van der Waals surface area contributed by atoms with Crippen LogP contribution in [0.5, 0.6) is 0 Å². The second-order valence-corrected chi connectivity index (χ2v) is 10.5. The van der Waals surface area contributed by atoms with Gasteiger partial charge in [-0.1, -0.05) is 52.0 Å². The lowest BCUT2D eigenvalue weighted by Gasteiger charge is -2.34. The topological polar surface area (TPSA) is 74.3 Å². The Hall–Kier alpha value is -2.25. The van der Waals surface area contributed by atoms with Crippen LogP contribution in [0.3, 0.4) is 0 Å². The van der Waals surface area contributed by atoms with Gasteiger partial charge in [-0.05, 0) is 42.9 Å². The van der Waals surface area contributed by atoms with E-state index >= 15 is 0 Å². The van der Waals surface area contributed by atoms with Crippen molar-refractivity contribution in [1.82, 2.24) is 20.5 Å². The summed E-state index contributed by atoms with van der Waals surface area (Å²) in [6.45, 7) is 11.3. The summed E-state index contributed by atoms with van der Waals surface area (Å²) in [6.07, 6.45) is 0.696. The molecular weight excluding hydrogens is 408 g/mol. The summed E-state index contributed by atoms with van der Waals surface area (Å²) in [7, 11) is 1.81. The maximum atomic E-state index is 13.2. The fourth-order valence-corrected chi connectivity index (χ4v) is 5.10. The van der Waals surface area contributed by atoms with E-state index in [1.807, 2.05) is 45.3 Å². The number of carbonyl (C=O) groups excluding carboxylic acids is 2. The van der Waals surface area contributed by atoms with Crippen LogP contribution < -0.4 is 10.6 Å². The lowest BCUT2D eigenvalue weighted by molar-refractivity contribution is -0.142. The molecule has 7 heteroatoms. The van der Waals surface area contributed by atoms with E-state index in [1.165, 1.54) is 4.88 Å². The fourth-order valence-electron chi connectivity index (χ4n) is 4.29. The molecule has 2 aromatic rings. The van der Waals surface area contributed by atoms with Crippen molar-refractivity contribution in [2.75, 3.05) is 13.6 Å². The van der Waals surface area contributed by atoms with Gasteiger partial charge in [-0.15, -0.1) is 11.3 Å². The van der Waals surface area contributed by atoms with Gasteiger partial charge in [0, 0.05) is 13.1 Å². The molecule has 0 saturated carbocycles. The monoisotopic (exact) mass is 442 g/mol. The zero-order valence-electron chi connectivity index (χ0n) is 19.4. The second kappa shape index (κ2) is 9.49. The highest BCUT2D eigenvalue weighted by atomic mass is 32.1. The Morgan fingerprint density at radius 2 is 1.94 bits per heavy atom. The molecule has 3 rings (SSSR count). The van der Waals surface area contributed by atoms with E-state index in [2.05, 4.69) is 34.7 Å². The van der Waals surface area contributed by atoms with E-state index in [4.69, 9.17) is 0 Å². The van der Waals surface area contributed by atoms with Crippen LogP contribution in [0.15, 0.2) is 29.8 Å². The molecule has 0 spiro atoms. The van der Waals surface area contributed by atoms with E-state index in [-0.39, 0.29) is 23.3 Å². The molecule has 0 radical (unpaired) electrons. The molecule has 2 N–H and O–H groups in total. The first-order valence-electron chi connectivity index (χ1n) is 10.9. The summed E-state index contributed by atoms with van der Waals surface area (Å²) in [5.41, 5.74) is 4.83. The standard InChI is InChI=1S/C24H34N4O2S/c1-15-11-19(28(13-15)23(30)21(25-6)24(3,4)5)22(29)26-12-17-7-9-18(10-8-17)20-16(2)27-14-31-20/h7-10,14-15,19,21,25H,11-13H2,1-6H3,(H,26,29)/t15?,19-,21+/m0/s1. The summed E-state index contributed by atoms with van der Waals surface area (Å²) >= 11 is 1.63. The van der Waals surface area contributed by atoms with Crippen molar-refractivity contribution < 1.29 is 9.59 Å². The zero-order valence-corrected chi connectivity index (χ0v) is 20.2. The van der Waals surface area contributed by atoms with E-state index < -0.39 is 6.04 Å². The van der Waals surface area contributed by atoms with Crippen LogP contribution in [-0.4, -0.2) is 47.4 Å². The number of aryl methyl sites for hydroxylation is 1. The second-order valence-electron chi connectivity index (χ2n) is 9.62. The first kappa shape index (κ1) is 23.4. The van der Waals surface area contributed by atoms with Crippen LogP contribution in [0.25, 0.3) is 10.4 Å². The van der Waals surface area contributed by atoms with Crippen LogP contribution in [0.2, 0.25) is 0 Å². The first-order valence-corrected chi connectivity index (χ1v) is 11.7. The quantitative estimate of drug-likeness (QED) is 0.717. The molecule has 2 heterocycles. The Labute approximate surface area is 189 Å². The molecule has 2 amide bonds. The fraction of sp³-hybridized carbons (Fsp3) is 0.542. The van der Waals surface area contributed by atoms with Gasteiger partial charge in [0.15, 0.2) is 0 Å². The minimum atomic E-state index is -0.417. The van der Waals surface area contributed by atoms with Crippen molar-refractivity contribution in [2.45, 2.75) is 59.7 Å². The number of nitrogens with one attached hydrogen (secondary N) is 2. The molecule has 31 heavy (non-hydrogen) atoms. The maximum Gasteiger partial charge on any atom is 0.243 e. The van der Waals surface area contributed by atoms with E-state index in [0.29, 0.717) is 25.4 Å². The number of hydrogen-bond acceptors (Lipinski definition) is 5. The summed E-state index contributed by atoms with van der Waals surface area (Å²) in [5.74, 6) is 0.228. The molecule has 1 aromatic carbocycles. The molecule has 0 aliphatic carbocycles. The van der Waals surface area contributed by atoms with Crippen molar-refractivity contribution in [3.05, 3.63) is 41.0 Å². The number of likely N-dealkylation sites (tertiary alicyclic amines) is 1. The lowest BCUT2D eigenvalue weighted by Crippen LogP contribution is -2.55. The number of amides is 2. The molecule has 3 atom stereocenters. The number of hydrogen-bond donors (Lipinski definition) is 2. The summed E-state index contributed by atoms with van der Waals surface area (Å²) in [4.78, 5) is 33.5. The van der Waals surface area contributed by atoms with Gasteiger partial charge < -0.3 is 15.5 Å². The average Bonchev–Trinajstić information content (AvgIpc) is 3.31. The number of aromatic nitrogens is 1. The molecule has 1 aliphatic rings. The van der Waals surface area contributed by atoms with Gasteiger partial charge in [0.05, 0.1) is 22.1 Å². The third kappa shape index (κ3) is 5.33. The summed E-state index contributed by atoms with van der Waals surface area (Å²) in [5, 5.41) is 6.19. The van der Waals surface area contributed by atoms with Gasteiger partial charge >= 0.3 is 0 Å². The minimum absolute atomic E-state index is 0.00350. The van der Waals surface area contributed by atoms with E-state index in [0.717, 1.165) is 16.8 Å². The number of likely N-dealkylation sites (N-methyl/N-ethyl adjacent to an activating group) is 1.